The van der Waals surface area contributed by atoms with Gasteiger partial charge >= 0.3 is 6.09 Å². The fraction of sp³-hybridized carbons (Fsp3) is 0.320. The molecule has 1 heterocycles. The topological polar surface area (TPSA) is 123 Å². The number of amides is 1. The zero-order chi connectivity index (χ0) is 24.8. The van der Waals surface area contributed by atoms with Gasteiger partial charge in [-0.05, 0) is 69.9 Å². The van der Waals surface area contributed by atoms with Crippen LogP contribution in [-0.4, -0.2) is 31.2 Å². The van der Waals surface area contributed by atoms with Crippen LogP contribution in [0, 0.1) is 34.4 Å². The number of carbonyl (C=O) groups is 1. The first kappa shape index (κ1) is 22.9. The molecule has 1 saturated carbocycles. The lowest BCUT2D eigenvalue weighted by atomic mass is 9.99. The smallest absolute Gasteiger partial charge is 0.408 e. The molecule has 0 radical (unpaired) electrons. The molecule has 2 aromatic carbocycles. The molecule has 1 unspecified atom stereocenters. The molecule has 4 rings (SSSR count). The minimum atomic E-state index is -1.17. The molecule has 9 heteroatoms. The Morgan fingerprint density at radius 1 is 1.24 bits per heavy atom. The summed E-state index contributed by atoms with van der Waals surface area (Å²) in [5.41, 5.74) is -0.968. The Balaban J connectivity index is 2.16. The molecule has 0 aliphatic heterocycles. The van der Waals surface area contributed by atoms with Crippen LogP contribution in [0.4, 0.5) is 9.18 Å². The Morgan fingerprint density at radius 2 is 1.94 bits per heavy atom. The third kappa shape index (κ3) is 3.97. The van der Waals surface area contributed by atoms with Crippen LogP contribution in [0.25, 0.3) is 16.6 Å². The number of benzene rings is 2. The maximum atomic E-state index is 14.2. The Kier molecular flexibility index (Phi) is 5.58. The lowest BCUT2D eigenvalue weighted by molar-refractivity contribution is 0.0582. The number of fused-ring (bicyclic) bond motifs is 1. The largest absolute Gasteiger partial charge is 0.465 e. The standard InChI is InChI=1S/C25H22FN5O3/c1-25(2,3)31(24(33)34)21(15-7-8-15)22-29-20-16(13-28)10-17(26)11-19(20)23(32)30(22)18-6-4-5-14(9-18)12-27/h4-6,9-11,15,21H,7-8H2,1-3H3,(H,33,34). The van der Waals surface area contributed by atoms with Crippen LogP contribution in [0.15, 0.2) is 41.2 Å². The van der Waals surface area contributed by atoms with Crippen molar-refractivity contribution in [3.63, 3.8) is 0 Å². The number of nitriles is 2. The summed E-state index contributed by atoms with van der Waals surface area (Å²) in [7, 11) is 0. The summed E-state index contributed by atoms with van der Waals surface area (Å²) in [5, 5.41) is 29.0. The third-order valence-electron chi connectivity index (χ3n) is 5.86. The van der Waals surface area contributed by atoms with E-state index in [-0.39, 0.29) is 28.2 Å². The highest BCUT2D eigenvalue weighted by molar-refractivity contribution is 5.84. The van der Waals surface area contributed by atoms with E-state index < -0.39 is 29.1 Å². The number of hydrogen-bond donors (Lipinski definition) is 1. The van der Waals surface area contributed by atoms with Gasteiger partial charge in [-0.2, -0.15) is 10.5 Å². The average molecular weight is 459 g/mol. The molecular formula is C25H22FN5O3. The van der Waals surface area contributed by atoms with Crippen LogP contribution in [0.2, 0.25) is 0 Å². The van der Waals surface area contributed by atoms with Gasteiger partial charge in [0.05, 0.1) is 39.8 Å². The molecule has 0 bridgehead atoms. The molecule has 0 spiro atoms. The van der Waals surface area contributed by atoms with E-state index in [1.165, 1.54) is 15.5 Å². The van der Waals surface area contributed by atoms with Crippen molar-refractivity contribution in [2.24, 2.45) is 5.92 Å². The molecule has 0 saturated heterocycles. The maximum absolute atomic E-state index is 14.2. The van der Waals surface area contributed by atoms with E-state index in [4.69, 9.17) is 0 Å². The van der Waals surface area contributed by atoms with E-state index in [0.717, 1.165) is 25.0 Å². The Labute approximate surface area is 195 Å². The van der Waals surface area contributed by atoms with Crippen LogP contribution in [0.1, 0.15) is 56.6 Å². The van der Waals surface area contributed by atoms with Gasteiger partial charge in [0.1, 0.15) is 17.7 Å². The molecule has 1 aliphatic carbocycles. The van der Waals surface area contributed by atoms with E-state index in [1.807, 2.05) is 12.1 Å². The predicted molar refractivity (Wildman–Crippen MR) is 122 cm³/mol. The van der Waals surface area contributed by atoms with Crippen LogP contribution < -0.4 is 5.56 Å². The van der Waals surface area contributed by atoms with E-state index in [1.54, 1.807) is 39.0 Å². The molecule has 3 aromatic rings. The molecular weight excluding hydrogens is 437 g/mol. The van der Waals surface area contributed by atoms with Crippen molar-refractivity contribution in [3.05, 3.63) is 69.5 Å². The van der Waals surface area contributed by atoms with Crippen molar-refractivity contribution in [1.29, 1.82) is 10.5 Å². The number of hydrogen-bond acceptors (Lipinski definition) is 5. The number of carboxylic acid groups (broad SMARTS) is 1. The van der Waals surface area contributed by atoms with E-state index in [0.29, 0.717) is 11.3 Å². The lowest BCUT2D eigenvalue weighted by Crippen LogP contribution is -2.49. The Morgan fingerprint density at radius 3 is 2.50 bits per heavy atom. The summed E-state index contributed by atoms with van der Waals surface area (Å²) < 4.78 is 15.5. The van der Waals surface area contributed by atoms with Gasteiger partial charge in [-0.25, -0.2) is 14.2 Å². The lowest BCUT2D eigenvalue weighted by Gasteiger charge is -2.40. The first-order valence-electron chi connectivity index (χ1n) is 10.8. The van der Waals surface area contributed by atoms with Crippen LogP contribution >= 0.6 is 0 Å². The maximum Gasteiger partial charge on any atom is 0.408 e. The highest BCUT2D eigenvalue weighted by Gasteiger charge is 2.45. The van der Waals surface area contributed by atoms with Gasteiger partial charge in [0.25, 0.3) is 5.56 Å². The van der Waals surface area contributed by atoms with E-state index in [2.05, 4.69) is 4.98 Å². The Hall–Kier alpha value is -4.24. The summed E-state index contributed by atoms with van der Waals surface area (Å²) in [4.78, 5) is 32.1. The molecule has 34 heavy (non-hydrogen) atoms. The average Bonchev–Trinajstić information content (AvgIpc) is 3.61. The normalized spacial score (nSPS) is 14.3. The molecule has 8 nitrogen and oxygen atoms in total. The van der Waals surface area contributed by atoms with Gasteiger partial charge in [0.2, 0.25) is 0 Å². The van der Waals surface area contributed by atoms with Gasteiger partial charge in [-0.3, -0.25) is 14.3 Å². The van der Waals surface area contributed by atoms with E-state index >= 15 is 0 Å². The van der Waals surface area contributed by atoms with Crippen molar-refractivity contribution in [3.8, 4) is 17.8 Å². The zero-order valence-electron chi connectivity index (χ0n) is 18.9. The molecule has 1 N–H and O–H groups in total. The van der Waals surface area contributed by atoms with E-state index in [9.17, 15) is 29.6 Å². The molecule has 1 amide bonds. The summed E-state index contributed by atoms with van der Waals surface area (Å²) in [5.74, 6) is -0.708. The van der Waals surface area contributed by atoms with Gasteiger partial charge in [0.15, 0.2) is 0 Å². The van der Waals surface area contributed by atoms with Gasteiger partial charge in [-0.1, -0.05) is 6.07 Å². The van der Waals surface area contributed by atoms with Crippen molar-refractivity contribution in [2.45, 2.75) is 45.2 Å². The predicted octanol–water partition coefficient (Wildman–Crippen LogP) is 4.50. The van der Waals surface area contributed by atoms with Crippen molar-refractivity contribution >= 4 is 17.0 Å². The van der Waals surface area contributed by atoms with Gasteiger partial charge in [-0.15, -0.1) is 0 Å². The van der Waals surface area contributed by atoms with Gasteiger partial charge < -0.3 is 5.11 Å². The first-order chi connectivity index (χ1) is 16.1. The second-order valence-electron chi connectivity index (χ2n) is 9.34. The number of aromatic nitrogens is 2. The quantitative estimate of drug-likeness (QED) is 0.613. The van der Waals surface area contributed by atoms with Crippen molar-refractivity contribution in [2.75, 3.05) is 0 Å². The molecule has 1 atom stereocenters. The van der Waals surface area contributed by atoms with Crippen LogP contribution in [0.5, 0.6) is 0 Å². The second kappa shape index (κ2) is 8.27. The molecule has 1 aliphatic rings. The fourth-order valence-electron chi connectivity index (χ4n) is 4.29. The first-order valence-corrected chi connectivity index (χ1v) is 10.8. The monoisotopic (exact) mass is 459 g/mol. The highest BCUT2D eigenvalue weighted by Crippen LogP contribution is 2.46. The number of halogens is 1. The van der Waals surface area contributed by atoms with Crippen LogP contribution in [0.3, 0.4) is 0 Å². The Bertz CT molecular complexity index is 1450. The molecule has 1 aromatic heterocycles. The summed E-state index contributed by atoms with van der Waals surface area (Å²) in [6, 6.07) is 11.4. The van der Waals surface area contributed by atoms with Gasteiger partial charge in [0, 0.05) is 5.54 Å². The molecule has 1 fully saturated rings. The minimum absolute atomic E-state index is 0.0153. The molecule has 172 valence electrons. The van der Waals surface area contributed by atoms with Crippen molar-refractivity contribution in [1.82, 2.24) is 14.5 Å². The summed E-state index contributed by atoms with van der Waals surface area (Å²) >= 11 is 0. The summed E-state index contributed by atoms with van der Waals surface area (Å²) in [6.45, 7) is 5.27. The number of rotatable bonds is 4. The van der Waals surface area contributed by atoms with Crippen LogP contribution in [-0.2, 0) is 0 Å². The summed E-state index contributed by atoms with van der Waals surface area (Å²) in [6.07, 6.45) is 0.312. The SMILES string of the molecule is CC(C)(C)N(C(=O)O)C(c1nc2c(C#N)cc(F)cc2c(=O)n1-c1cccc(C#N)c1)C1CC1. The second-order valence-corrected chi connectivity index (χ2v) is 9.34. The minimum Gasteiger partial charge on any atom is -0.465 e. The zero-order valence-corrected chi connectivity index (χ0v) is 18.9. The third-order valence-corrected chi connectivity index (χ3v) is 5.86. The highest BCUT2D eigenvalue weighted by atomic mass is 19.1. The fourth-order valence-corrected chi connectivity index (χ4v) is 4.29. The van der Waals surface area contributed by atoms with Crippen molar-refractivity contribution < 1.29 is 14.3 Å². The number of nitrogens with zero attached hydrogens (tertiary/aromatic N) is 5.